The van der Waals surface area contributed by atoms with Crippen LogP contribution in [0.3, 0.4) is 0 Å². The van der Waals surface area contributed by atoms with E-state index in [1.54, 1.807) is 18.2 Å². The Bertz CT molecular complexity index is 1670. The predicted octanol–water partition coefficient (Wildman–Crippen LogP) is 5.55. The van der Waals surface area contributed by atoms with Crippen molar-refractivity contribution < 1.29 is 9.59 Å². The average Bonchev–Trinajstić information content (AvgIpc) is 3.32. The quantitative estimate of drug-likeness (QED) is 0.347. The van der Waals surface area contributed by atoms with Crippen LogP contribution in [0.4, 0.5) is 0 Å². The summed E-state index contributed by atoms with van der Waals surface area (Å²) in [6.07, 6.45) is 0. The van der Waals surface area contributed by atoms with Crippen molar-refractivity contribution in [2.24, 2.45) is 0 Å². The second kappa shape index (κ2) is 6.91. The van der Waals surface area contributed by atoms with E-state index < -0.39 is 0 Å². The third kappa shape index (κ3) is 2.58. The Labute approximate surface area is 189 Å². The van der Waals surface area contributed by atoms with Crippen molar-refractivity contribution in [3.63, 3.8) is 0 Å². The van der Waals surface area contributed by atoms with Crippen LogP contribution in [0.1, 0.15) is 26.3 Å². The minimum absolute atomic E-state index is 0.287. The number of amides is 2. The smallest absolute Gasteiger partial charge is 0.263 e. The molecule has 6 rings (SSSR count). The van der Waals surface area contributed by atoms with Crippen molar-refractivity contribution in [3.8, 4) is 22.9 Å². The Morgan fingerprint density at radius 3 is 2.21 bits per heavy atom. The van der Waals surface area contributed by atoms with E-state index in [-0.39, 0.29) is 11.8 Å². The molecule has 1 aromatic heterocycles. The molecule has 0 saturated carbocycles. The molecule has 1 aliphatic heterocycles. The molecule has 2 amide bonds. The van der Waals surface area contributed by atoms with Crippen molar-refractivity contribution in [2.45, 2.75) is 0 Å². The lowest BCUT2D eigenvalue weighted by Gasteiger charge is -2.14. The van der Waals surface area contributed by atoms with Crippen LogP contribution < -0.4 is 0 Å². The van der Waals surface area contributed by atoms with Gasteiger partial charge in [0.2, 0.25) is 0 Å². The molecule has 0 atom stereocenters. The average molecular weight is 427 g/mol. The maximum absolute atomic E-state index is 13.1. The monoisotopic (exact) mass is 427 g/mol. The van der Waals surface area contributed by atoms with E-state index in [0.29, 0.717) is 22.4 Å². The molecule has 0 N–H and O–H groups in total. The fraction of sp³-hybridized carbons (Fsp3) is 0.0357. The second-order valence-electron chi connectivity index (χ2n) is 8.11. The summed E-state index contributed by atoms with van der Waals surface area (Å²) in [6, 6.07) is 29.3. The van der Waals surface area contributed by atoms with E-state index in [2.05, 4.69) is 22.8 Å². The lowest BCUT2D eigenvalue weighted by molar-refractivity contribution is 0.0693. The zero-order valence-corrected chi connectivity index (χ0v) is 17.7. The van der Waals surface area contributed by atoms with Crippen LogP contribution in [0.15, 0.2) is 84.9 Å². The van der Waals surface area contributed by atoms with Gasteiger partial charge in [-0.15, -0.1) is 0 Å². The lowest BCUT2D eigenvalue weighted by atomic mass is 10.0. The van der Waals surface area contributed by atoms with Crippen molar-refractivity contribution >= 4 is 33.6 Å². The standard InChI is InChI=1S/C28H17N3O2/c1-30-27(32)22-9-5-11-24(25(22)28(30)33)31-23-10-3-2-6-20(23)21-8-4-7-19(26(21)31)18-14-12-17(16-29)13-15-18/h2-15H,1H3. The largest absolute Gasteiger partial charge is 0.308 e. The van der Waals surface area contributed by atoms with Gasteiger partial charge in [0.15, 0.2) is 0 Å². The van der Waals surface area contributed by atoms with Gasteiger partial charge in [-0.1, -0.05) is 54.6 Å². The number of para-hydroxylation sites is 2. The highest BCUT2D eigenvalue weighted by Gasteiger charge is 2.36. The van der Waals surface area contributed by atoms with Crippen LogP contribution in [-0.4, -0.2) is 28.3 Å². The Balaban J connectivity index is 1.76. The number of aromatic nitrogens is 1. The van der Waals surface area contributed by atoms with Gasteiger partial charge in [0.25, 0.3) is 11.8 Å². The highest BCUT2D eigenvalue weighted by Crippen LogP contribution is 2.40. The minimum atomic E-state index is -0.299. The third-order valence-electron chi connectivity index (χ3n) is 6.36. The summed E-state index contributed by atoms with van der Waals surface area (Å²) in [6.45, 7) is 0. The van der Waals surface area contributed by atoms with Gasteiger partial charge in [-0.3, -0.25) is 14.5 Å². The van der Waals surface area contributed by atoms with E-state index in [4.69, 9.17) is 0 Å². The SMILES string of the molecule is CN1C(=O)c2cccc(-n3c4ccccc4c4cccc(-c5ccc(C#N)cc5)c43)c2C1=O. The highest BCUT2D eigenvalue weighted by molar-refractivity contribution is 6.23. The van der Waals surface area contributed by atoms with Gasteiger partial charge in [0.1, 0.15) is 0 Å². The Hall–Kier alpha value is -4.69. The molecule has 0 spiro atoms. The molecule has 0 fully saturated rings. The first-order chi connectivity index (χ1) is 16.1. The molecule has 5 nitrogen and oxygen atoms in total. The molecule has 0 aliphatic carbocycles. The lowest BCUT2D eigenvalue weighted by Crippen LogP contribution is -2.24. The molecule has 156 valence electrons. The molecule has 5 heteroatoms. The zero-order chi connectivity index (χ0) is 22.7. The van der Waals surface area contributed by atoms with E-state index >= 15 is 0 Å². The van der Waals surface area contributed by atoms with Crippen LogP contribution in [0, 0.1) is 11.3 Å². The number of benzene rings is 4. The van der Waals surface area contributed by atoms with Gasteiger partial charge in [-0.05, 0) is 35.9 Å². The van der Waals surface area contributed by atoms with Crippen molar-refractivity contribution in [2.75, 3.05) is 7.05 Å². The minimum Gasteiger partial charge on any atom is -0.308 e. The maximum atomic E-state index is 13.1. The van der Waals surface area contributed by atoms with Gasteiger partial charge in [-0.2, -0.15) is 5.26 Å². The van der Waals surface area contributed by atoms with Crippen LogP contribution in [-0.2, 0) is 0 Å². The normalized spacial score (nSPS) is 13.0. The molecule has 1 aliphatic rings. The van der Waals surface area contributed by atoms with E-state index in [0.717, 1.165) is 32.9 Å². The number of rotatable bonds is 2. The summed E-state index contributed by atoms with van der Waals surface area (Å²) in [7, 11) is 1.52. The number of fused-ring (bicyclic) bond motifs is 4. The fourth-order valence-corrected chi connectivity index (χ4v) is 4.80. The topological polar surface area (TPSA) is 66.1 Å². The molecule has 0 saturated heterocycles. The Morgan fingerprint density at radius 1 is 0.727 bits per heavy atom. The molecule has 0 unspecified atom stereocenters. The molecular weight excluding hydrogens is 410 g/mol. The van der Waals surface area contributed by atoms with Gasteiger partial charge in [-0.25, -0.2) is 0 Å². The molecular formula is C28H17N3O2. The molecule has 5 aromatic rings. The second-order valence-corrected chi connectivity index (χ2v) is 8.11. The van der Waals surface area contributed by atoms with Crippen LogP contribution in [0.5, 0.6) is 0 Å². The number of nitriles is 1. The summed E-state index contributed by atoms with van der Waals surface area (Å²) in [5.74, 6) is -0.586. The number of nitrogens with zero attached hydrogens (tertiary/aromatic N) is 3. The number of hydrogen-bond donors (Lipinski definition) is 0. The highest BCUT2D eigenvalue weighted by atomic mass is 16.2. The molecule has 0 bridgehead atoms. The van der Waals surface area contributed by atoms with Crippen molar-refractivity contribution in [3.05, 3.63) is 102 Å². The number of carbonyl (C=O) groups is 2. The van der Waals surface area contributed by atoms with Gasteiger partial charge in [0.05, 0.1) is 39.5 Å². The molecule has 4 aromatic carbocycles. The van der Waals surface area contributed by atoms with E-state index in [9.17, 15) is 14.9 Å². The van der Waals surface area contributed by atoms with Crippen LogP contribution >= 0.6 is 0 Å². The van der Waals surface area contributed by atoms with E-state index in [1.165, 1.54) is 11.9 Å². The summed E-state index contributed by atoms with van der Waals surface area (Å²) in [4.78, 5) is 26.9. The predicted molar refractivity (Wildman–Crippen MR) is 127 cm³/mol. The first-order valence-electron chi connectivity index (χ1n) is 10.6. The molecule has 2 heterocycles. The summed E-state index contributed by atoms with van der Waals surface area (Å²) < 4.78 is 2.08. The van der Waals surface area contributed by atoms with E-state index in [1.807, 2.05) is 54.6 Å². The Kier molecular flexibility index (Phi) is 3.98. The summed E-state index contributed by atoms with van der Waals surface area (Å²) in [5, 5.41) is 11.3. The van der Waals surface area contributed by atoms with Crippen molar-refractivity contribution in [1.29, 1.82) is 5.26 Å². The third-order valence-corrected chi connectivity index (χ3v) is 6.36. The number of imide groups is 1. The zero-order valence-electron chi connectivity index (χ0n) is 17.7. The van der Waals surface area contributed by atoms with Gasteiger partial charge >= 0.3 is 0 Å². The molecule has 0 radical (unpaired) electrons. The summed E-state index contributed by atoms with van der Waals surface area (Å²) >= 11 is 0. The fourth-order valence-electron chi connectivity index (χ4n) is 4.80. The maximum Gasteiger partial charge on any atom is 0.263 e. The van der Waals surface area contributed by atoms with Crippen LogP contribution in [0.2, 0.25) is 0 Å². The Morgan fingerprint density at radius 2 is 1.42 bits per heavy atom. The van der Waals surface area contributed by atoms with Gasteiger partial charge in [0, 0.05) is 23.4 Å². The first kappa shape index (κ1) is 19.0. The van der Waals surface area contributed by atoms with Crippen LogP contribution in [0.25, 0.3) is 38.6 Å². The number of hydrogen-bond acceptors (Lipinski definition) is 3. The van der Waals surface area contributed by atoms with Crippen molar-refractivity contribution in [1.82, 2.24) is 9.47 Å². The first-order valence-corrected chi connectivity index (χ1v) is 10.6. The summed E-state index contributed by atoms with van der Waals surface area (Å²) in [5.41, 5.74) is 5.97. The van der Waals surface area contributed by atoms with Gasteiger partial charge < -0.3 is 4.57 Å². The number of carbonyl (C=O) groups excluding carboxylic acids is 2. The molecule has 33 heavy (non-hydrogen) atoms.